The Bertz CT molecular complexity index is 296. The van der Waals surface area contributed by atoms with Crippen molar-refractivity contribution in [3.63, 3.8) is 0 Å². The summed E-state index contributed by atoms with van der Waals surface area (Å²) in [6.45, 7) is 0. The highest BCUT2D eigenvalue weighted by atomic mass is 32.2. The van der Waals surface area contributed by atoms with Crippen molar-refractivity contribution in [1.29, 1.82) is 0 Å². The number of hydrazine groups is 1. The van der Waals surface area contributed by atoms with Gasteiger partial charge in [0.25, 0.3) is 0 Å². The predicted octanol–water partition coefficient (Wildman–Crippen LogP) is 2.35. The fourth-order valence-electron chi connectivity index (χ4n) is 2.25. The molecule has 1 aromatic carbocycles. The van der Waals surface area contributed by atoms with Crippen LogP contribution in [-0.4, -0.2) is 17.0 Å². The predicted molar refractivity (Wildman–Crippen MR) is 71.4 cm³/mol. The van der Waals surface area contributed by atoms with E-state index in [1.54, 1.807) is 0 Å². The molecule has 3 heteroatoms. The highest BCUT2D eigenvalue weighted by molar-refractivity contribution is 8.00. The summed E-state index contributed by atoms with van der Waals surface area (Å²) in [5, 5.41) is 0.680. The molecule has 0 aliphatic carbocycles. The molecule has 0 radical (unpaired) electrons. The quantitative estimate of drug-likeness (QED) is 0.622. The second-order valence-corrected chi connectivity index (χ2v) is 5.71. The van der Waals surface area contributed by atoms with Gasteiger partial charge < -0.3 is 0 Å². The first-order valence-electron chi connectivity index (χ1n) is 6.02. The lowest BCUT2D eigenvalue weighted by molar-refractivity contribution is 0.472. The molecule has 1 heterocycles. The van der Waals surface area contributed by atoms with E-state index < -0.39 is 0 Å². The second-order valence-electron chi connectivity index (χ2n) is 4.37. The van der Waals surface area contributed by atoms with Crippen LogP contribution in [0.25, 0.3) is 0 Å². The van der Waals surface area contributed by atoms with Crippen molar-refractivity contribution in [3.05, 3.63) is 35.9 Å². The number of rotatable bonds is 4. The van der Waals surface area contributed by atoms with Crippen molar-refractivity contribution >= 4 is 11.8 Å². The third-order valence-corrected chi connectivity index (χ3v) is 4.69. The van der Waals surface area contributed by atoms with Crippen molar-refractivity contribution in [2.45, 2.75) is 37.0 Å². The van der Waals surface area contributed by atoms with Crippen molar-refractivity contribution < 1.29 is 0 Å². The summed E-state index contributed by atoms with van der Waals surface area (Å²) in [5.41, 5.74) is 4.37. The van der Waals surface area contributed by atoms with E-state index in [1.807, 2.05) is 0 Å². The Kier molecular flexibility index (Phi) is 4.69. The molecule has 0 amide bonds. The van der Waals surface area contributed by atoms with Gasteiger partial charge in [-0.15, -0.1) is 0 Å². The molecule has 1 aromatic rings. The number of hydrogen-bond acceptors (Lipinski definition) is 3. The lowest BCUT2D eigenvalue weighted by Crippen LogP contribution is -2.45. The first-order chi connectivity index (χ1) is 7.90. The zero-order chi connectivity index (χ0) is 11.2. The van der Waals surface area contributed by atoms with Gasteiger partial charge in [-0.05, 0) is 30.6 Å². The third kappa shape index (κ3) is 3.24. The molecule has 2 atom stereocenters. The van der Waals surface area contributed by atoms with Gasteiger partial charge >= 0.3 is 0 Å². The molecule has 0 bridgehead atoms. The Labute approximate surface area is 102 Å². The van der Waals surface area contributed by atoms with E-state index in [9.17, 15) is 0 Å². The molecule has 1 aliphatic heterocycles. The minimum Gasteiger partial charge on any atom is -0.271 e. The fourth-order valence-corrected chi connectivity index (χ4v) is 3.66. The van der Waals surface area contributed by atoms with Crippen molar-refractivity contribution in [2.75, 3.05) is 5.75 Å². The maximum absolute atomic E-state index is 5.69. The van der Waals surface area contributed by atoms with E-state index in [-0.39, 0.29) is 0 Å². The lowest BCUT2D eigenvalue weighted by Gasteiger charge is -2.29. The van der Waals surface area contributed by atoms with Gasteiger partial charge in [0.1, 0.15) is 0 Å². The number of nitrogens with one attached hydrogen (secondary N) is 1. The number of nitrogens with two attached hydrogens (primary N) is 1. The van der Waals surface area contributed by atoms with Crippen LogP contribution in [0.3, 0.4) is 0 Å². The van der Waals surface area contributed by atoms with Gasteiger partial charge in [0.2, 0.25) is 0 Å². The average molecular weight is 236 g/mol. The highest BCUT2D eigenvalue weighted by Crippen LogP contribution is 2.28. The monoisotopic (exact) mass is 236 g/mol. The van der Waals surface area contributed by atoms with E-state index in [2.05, 4.69) is 47.5 Å². The standard InChI is InChI=1S/C13H20N2S/c14-15-12(13-8-4-5-9-16-13)10-11-6-2-1-3-7-11/h1-3,6-7,12-13,15H,4-5,8-10,14H2. The molecule has 1 fully saturated rings. The Morgan fingerprint density at radius 3 is 2.75 bits per heavy atom. The Morgan fingerprint density at radius 2 is 2.12 bits per heavy atom. The summed E-state index contributed by atoms with van der Waals surface area (Å²) in [4.78, 5) is 0. The van der Waals surface area contributed by atoms with Crippen LogP contribution in [0.15, 0.2) is 30.3 Å². The van der Waals surface area contributed by atoms with Crippen LogP contribution in [0.1, 0.15) is 24.8 Å². The normalized spacial score (nSPS) is 22.9. The average Bonchev–Trinajstić information content (AvgIpc) is 2.38. The molecular weight excluding hydrogens is 216 g/mol. The van der Waals surface area contributed by atoms with Crippen LogP contribution < -0.4 is 11.3 Å². The van der Waals surface area contributed by atoms with E-state index in [4.69, 9.17) is 5.84 Å². The first-order valence-corrected chi connectivity index (χ1v) is 7.06. The summed E-state index contributed by atoms with van der Waals surface area (Å²) in [7, 11) is 0. The third-order valence-electron chi connectivity index (χ3n) is 3.18. The van der Waals surface area contributed by atoms with Crippen LogP contribution in [0.4, 0.5) is 0 Å². The minimum absolute atomic E-state index is 0.410. The van der Waals surface area contributed by atoms with Crippen LogP contribution in [-0.2, 0) is 6.42 Å². The summed E-state index contributed by atoms with van der Waals surface area (Å²) < 4.78 is 0. The molecule has 16 heavy (non-hydrogen) atoms. The highest BCUT2D eigenvalue weighted by Gasteiger charge is 2.23. The summed E-state index contributed by atoms with van der Waals surface area (Å²) in [6.07, 6.45) is 5.05. The molecule has 2 rings (SSSR count). The second kappa shape index (κ2) is 6.28. The lowest BCUT2D eigenvalue weighted by atomic mass is 10.00. The summed E-state index contributed by atoms with van der Waals surface area (Å²) >= 11 is 2.07. The molecule has 0 saturated carbocycles. The number of thioether (sulfide) groups is 1. The molecular formula is C13H20N2S. The van der Waals surface area contributed by atoms with Crippen LogP contribution in [0, 0.1) is 0 Å². The fraction of sp³-hybridized carbons (Fsp3) is 0.538. The van der Waals surface area contributed by atoms with Crippen molar-refractivity contribution in [2.24, 2.45) is 5.84 Å². The van der Waals surface area contributed by atoms with E-state index in [0.29, 0.717) is 11.3 Å². The van der Waals surface area contributed by atoms with Gasteiger partial charge in [0.05, 0.1) is 0 Å². The van der Waals surface area contributed by atoms with Crippen LogP contribution in [0.5, 0.6) is 0 Å². The first kappa shape index (κ1) is 12.0. The van der Waals surface area contributed by atoms with Gasteiger partial charge in [0.15, 0.2) is 0 Å². The van der Waals surface area contributed by atoms with Crippen molar-refractivity contribution in [1.82, 2.24) is 5.43 Å². The SMILES string of the molecule is NNC(Cc1ccccc1)C1CCCCS1. The van der Waals surface area contributed by atoms with Gasteiger partial charge in [-0.3, -0.25) is 11.3 Å². The molecule has 88 valence electrons. The topological polar surface area (TPSA) is 38.0 Å². The minimum atomic E-state index is 0.410. The van der Waals surface area contributed by atoms with Gasteiger partial charge in [-0.1, -0.05) is 36.8 Å². The summed E-state index contributed by atoms with van der Waals surface area (Å²) in [6, 6.07) is 11.0. The Balaban J connectivity index is 1.94. The number of hydrogen-bond donors (Lipinski definition) is 2. The molecule has 3 N–H and O–H groups in total. The smallest absolute Gasteiger partial charge is 0.0369 e. The molecule has 2 nitrogen and oxygen atoms in total. The van der Waals surface area contributed by atoms with Crippen LogP contribution in [0.2, 0.25) is 0 Å². The molecule has 2 unspecified atom stereocenters. The van der Waals surface area contributed by atoms with E-state index in [1.165, 1.54) is 30.6 Å². The molecule has 0 spiro atoms. The van der Waals surface area contributed by atoms with Gasteiger partial charge in [0, 0.05) is 11.3 Å². The molecule has 0 aromatic heterocycles. The zero-order valence-corrected chi connectivity index (χ0v) is 10.4. The van der Waals surface area contributed by atoms with Gasteiger partial charge in [-0.2, -0.15) is 11.8 Å². The largest absolute Gasteiger partial charge is 0.271 e. The zero-order valence-electron chi connectivity index (χ0n) is 9.56. The molecule has 1 saturated heterocycles. The summed E-state index contributed by atoms with van der Waals surface area (Å²) in [5.74, 6) is 6.98. The maximum Gasteiger partial charge on any atom is 0.0369 e. The van der Waals surface area contributed by atoms with Crippen LogP contribution >= 0.6 is 11.8 Å². The molecule has 1 aliphatic rings. The van der Waals surface area contributed by atoms with Gasteiger partial charge in [-0.25, -0.2) is 0 Å². The van der Waals surface area contributed by atoms with E-state index >= 15 is 0 Å². The Hall–Kier alpha value is -0.510. The Morgan fingerprint density at radius 1 is 1.31 bits per heavy atom. The van der Waals surface area contributed by atoms with Crippen molar-refractivity contribution in [3.8, 4) is 0 Å². The van der Waals surface area contributed by atoms with E-state index in [0.717, 1.165) is 6.42 Å². The maximum atomic E-state index is 5.69. The number of benzene rings is 1.